The van der Waals surface area contributed by atoms with Gasteiger partial charge in [0.15, 0.2) is 6.10 Å². The number of anilines is 1. The monoisotopic (exact) mass is 398 g/mol. The van der Waals surface area contributed by atoms with Gasteiger partial charge in [-0.25, -0.2) is 8.42 Å². The summed E-state index contributed by atoms with van der Waals surface area (Å²) in [5, 5.41) is 3.01. The highest BCUT2D eigenvalue weighted by atomic mass is 32.2. The summed E-state index contributed by atoms with van der Waals surface area (Å²) in [6.07, 6.45) is 5.66. The fraction of sp³-hybridized carbons (Fsp3) is 0.650. The Morgan fingerprint density at radius 2 is 1.78 bits per heavy atom. The van der Waals surface area contributed by atoms with Crippen LogP contribution in [0.15, 0.2) is 24.3 Å². The molecular formula is C20H34N2O4S. The van der Waals surface area contributed by atoms with Crippen molar-refractivity contribution in [1.29, 1.82) is 0 Å². The largest absolute Gasteiger partial charge is 0.481 e. The highest BCUT2D eigenvalue weighted by Gasteiger charge is 2.20. The molecule has 0 saturated carbocycles. The van der Waals surface area contributed by atoms with Gasteiger partial charge in [-0.3, -0.25) is 9.10 Å². The number of carbonyl (C=O) groups excluding carboxylic acids is 1. The van der Waals surface area contributed by atoms with Gasteiger partial charge in [-0.1, -0.05) is 40.0 Å². The van der Waals surface area contributed by atoms with Crippen molar-refractivity contribution in [3.63, 3.8) is 0 Å². The molecule has 0 heterocycles. The lowest BCUT2D eigenvalue weighted by Gasteiger charge is -2.21. The summed E-state index contributed by atoms with van der Waals surface area (Å²) < 4.78 is 30.2. The second-order valence-electron chi connectivity index (χ2n) is 6.90. The third-order valence-corrected chi connectivity index (χ3v) is 5.95. The molecule has 0 aliphatic rings. The Bertz CT molecular complexity index is 674. The molecular weight excluding hydrogens is 364 g/mol. The van der Waals surface area contributed by atoms with E-state index in [0.717, 1.165) is 25.5 Å². The van der Waals surface area contributed by atoms with Gasteiger partial charge < -0.3 is 10.1 Å². The molecule has 6 nitrogen and oxygen atoms in total. The van der Waals surface area contributed by atoms with E-state index < -0.39 is 16.1 Å². The van der Waals surface area contributed by atoms with Crippen molar-refractivity contribution in [3.05, 3.63) is 24.3 Å². The van der Waals surface area contributed by atoms with E-state index in [-0.39, 0.29) is 5.91 Å². The van der Waals surface area contributed by atoms with Crippen LogP contribution in [-0.4, -0.2) is 40.3 Å². The molecule has 0 aliphatic carbocycles. The smallest absolute Gasteiger partial charge is 0.261 e. The van der Waals surface area contributed by atoms with Crippen molar-refractivity contribution in [3.8, 4) is 5.75 Å². The first-order chi connectivity index (χ1) is 12.7. The minimum Gasteiger partial charge on any atom is -0.481 e. The van der Waals surface area contributed by atoms with Gasteiger partial charge in [-0.05, 0) is 43.0 Å². The van der Waals surface area contributed by atoms with Gasteiger partial charge in [0.1, 0.15) is 5.75 Å². The van der Waals surface area contributed by atoms with Gasteiger partial charge in [0.2, 0.25) is 10.0 Å². The molecule has 1 aromatic rings. The Kier molecular flexibility index (Phi) is 9.63. The van der Waals surface area contributed by atoms with E-state index in [1.54, 1.807) is 24.3 Å². The van der Waals surface area contributed by atoms with Crippen molar-refractivity contribution in [2.45, 2.75) is 59.0 Å². The average molecular weight is 399 g/mol. The number of nitrogens with one attached hydrogen (secondary N) is 1. The van der Waals surface area contributed by atoms with Crippen LogP contribution in [0.2, 0.25) is 0 Å². The molecule has 27 heavy (non-hydrogen) atoms. The van der Waals surface area contributed by atoms with Crippen LogP contribution in [0.5, 0.6) is 5.75 Å². The van der Waals surface area contributed by atoms with E-state index >= 15 is 0 Å². The summed E-state index contributed by atoms with van der Waals surface area (Å²) in [4.78, 5) is 12.5. The molecule has 0 aromatic heterocycles. The number of nitrogens with zero attached hydrogens (tertiary/aromatic N) is 1. The summed E-state index contributed by atoms with van der Waals surface area (Å²) >= 11 is 0. The number of benzene rings is 1. The Hall–Kier alpha value is -1.76. The Balaban J connectivity index is 2.65. The zero-order chi connectivity index (χ0) is 20.4. The van der Waals surface area contributed by atoms with Crippen molar-refractivity contribution in [1.82, 2.24) is 5.32 Å². The molecule has 0 saturated heterocycles. The standard InChI is InChI=1S/C20H34N2O4S/c1-6-9-10-16(7-2)15-21-20(23)19(8-3)26-18-13-11-17(12-14-18)22(4)27(5,24)25/h11-14,16,19H,6-10,15H2,1-5H3,(H,21,23). The van der Waals surface area contributed by atoms with Gasteiger partial charge >= 0.3 is 0 Å². The fourth-order valence-corrected chi connectivity index (χ4v) is 3.22. The maximum Gasteiger partial charge on any atom is 0.261 e. The van der Waals surface area contributed by atoms with Crippen LogP contribution in [-0.2, 0) is 14.8 Å². The second-order valence-corrected chi connectivity index (χ2v) is 8.91. The summed E-state index contributed by atoms with van der Waals surface area (Å²) in [7, 11) is -1.81. The third kappa shape index (κ3) is 7.79. The number of amides is 1. The van der Waals surface area contributed by atoms with Crippen LogP contribution in [0.3, 0.4) is 0 Å². The highest BCUT2D eigenvalue weighted by molar-refractivity contribution is 7.92. The molecule has 7 heteroatoms. The number of carbonyl (C=O) groups is 1. The van der Waals surface area contributed by atoms with Crippen LogP contribution in [0.4, 0.5) is 5.69 Å². The zero-order valence-electron chi connectivity index (χ0n) is 17.2. The predicted octanol–water partition coefficient (Wildman–Crippen LogP) is 3.57. The Labute approximate surface area is 164 Å². The molecule has 0 spiro atoms. The lowest BCUT2D eigenvalue weighted by Crippen LogP contribution is -2.40. The van der Waals surface area contributed by atoms with Gasteiger partial charge in [-0.2, -0.15) is 0 Å². The summed E-state index contributed by atoms with van der Waals surface area (Å²) in [6.45, 7) is 6.90. The molecule has 0 aliphatic heterocycles. The Morgan fingerprint density at radius 1 is 1.15 bits per heavy atom. The van der Waals surface area contributed by atoms with Gasteiger partial charge in [0, 0.05) is 13.6 Å². The van der Waals surface area contributed by atoms with Crippen LogP contribution in [0.1, 0.15) is 52.9 Å². The van der Waals surface area contributed by atoms with Crippen molar-refractivity contribution in [2.24, 2.45) is 5.92 Å². The maximum absolute atomic E-state index is 12.5. The summed E-state index contributed by atoms with van der Waals surface area (Å²) in [5.41, 5.74) is 0.545. The average Bonchev–Trinajstić information content (AvgIpc) is 2.65. The van der Waals surface area contributed by atoms with E-state index in [4.69, 9.17) is 4.74 Å². The first-order valence-electron chi connectivity index (χ1n) is 9.71. The third-order valence-electron chi connectivity index (χ3n) is 4.75. The van der Waals surface area contributed by atoms with Crippen molar-refractivity contribution >= 4 is 21.6 Å². The topological polar surface area (TPSA) is 75.7 Å². The molecule has 2 unspecified atom stereocenters. The predicted molar refractivity (Wildman–Crippen MR) is 111 cm³/mol. The van der Waals surface area contributed by atoms with Crippen molar-refractivity contribution in [2.75, 3.05) is 24.2 Å². The minimum atomic E-state index is -3.31. The number of hydrogen-bond donors (Lipinski definition) is 1. The SMILES string of the molecule is CCCCC(CC)CNC(=O)C(CC)Oc1ccc(N(C)S(C)(=O)=O)cc1. The van der Waals surface area contributed by atoms with Crippen LogP contribution >= 0.6 is 0 Å². The minimum absolute atomic E-state index is 0.107. The molecule has 1 rings (SSSR count). The first kappa shape index (κ1) is 23.3. The molecule has 0 fully saturated rings. The molecule has 0 radical (unpaired) electrons. The number of unbranched alkanes of at least 4 members (excludes halogenated alkanes) is 1. The fourth-order valence-electron chi connectivity index (χ4n) is 2.71. The maximum atomic E-state index is 12.5. The second kappa shape index (κ2) is 11.2. The molecule has 1 amide bonds. The summed E-state index contributed by atoms with van der Waals surface area (Å²) in [6, 6.07) is 6.70. The first-order valence-corrected chi connectivity index (χ1v) is 11.6. The number of hydrogen-bond acceptors (Lipinski definition) is 4. The quantitative estimate of drug-likeness (QED) is 0.584. The van der Waals surface area contributed by atoms with E-state index in [9.17, 15) is 13.2 Å². The van der Waals surface area contributed by atoms with Crippen LogP contribution < -0.4 is 14.4 Å². The molecule has 154 valence electrons. The molecule has 2 atom stereocenters. The lowest BCUT2D eigenvalue weighted by atomic mass is 9.99. The lowest BCUT2D eigenvalue weighted by molar-refractivity contribution is -0.128. The number of ether oxygens (including phenoxy) is 1. The molecule has 1 aromatic carbocycles. The number of rotatable bonds is 12. The normalized spacial score (nSPS) is 13.7. The zero-order valence-corrected chi connectivity index (χ0v) is 18.0. The molecule has 0 bridgehead atoms. The van der Waals surface area contributed by atoms with Gasteiger partial charge in [-0.15, -0.1) is 0 Å². The van der Waals surface area contributed by atoms with Gasteiger partial charge in [0.25, 0.3) is 5.91 Å². The van der Waals surface area contributed by atoms with Crippen LogP contribution in [0, 0.1) is 5.92 Å². The summed E-state index contributed by atoms with van der Waals surface area (Å²) in [5.74, 6) is 0.933. The van der Waals surface area contributed by atoms with E-state index in [1.807, 2.05) is 6.92 Å². The number of sulfonamides is 1. The molecule has 1 N–H and O–H groups in total. The highest BCUT2D eigenvalue weighted by Crippen LogP contribution is 2.21. The van der Waals surface area contributed by atoms with Gasteiger partial charge in [0.05, 0.1) is 11.9 Å². The Morgan fingerprint density at radius 3 is 2.26 bits per heavy atom. The van der Waals surface area contributed by atoms with Crippen molar-refractivity contribution < 1.29 is 17.9 Å². The van der Waals surface area contributed by atoms with E-state index in [2.05, 4.69) is 19.2 Å². The van der Waals surface area contributed by atoms with Crippen LogP contribution in [0.25, 0.3) is 0 Å². The van der Waals surface area contributed by atoms with E-state index in [0.29, 0.717) is 30.3 Å². The van der Waals surface area contributed by atoms with E-state index in [1.165, 1.54) is 17.8 Å².